The number of halogens is 1. The van der Waals surface area contributed by atoms with Crippen molar-refractivity contribution in [3.8, 4) is 0 Å². The number of carboxylic acids is 1. The van der Waals surface area contributed by atoms with Crippen molar-refractivity contribution >= 4 is 24.3 Å². The molecule has 0 aromatic carbocycles. The highest BCUT2D eigenvalue weighted by atomic mass is 35.5. The van der Waals surface area contributed by atoms with Gasteiger partial charge >= 0.3 is 5.97 Å². The molecule has 0 bridgehead atoms. The predicted octanol–water partition coefficient (Wildman–Crippen LogP) is 0.127. The van der Waals surface area contributed by atoms with Gasteiger partial charge in [0.25, 0.3) is 0 Å². The first-order valence-corrected chi connectivity index (χ1v) is 4.32. The van der Waals surface area contributed by atoms with Crippen molar-refractivity contribution in [1.82, 2.24) is 5.32 Å². The van der Waals surface area contributed by atoms with E-state index in [9.17, 15) is 9.59 Å². The van der Waals surface area contributed by atoms with E-state index in [2.05, 4.69) is 5.32 Å². The van der Waals surface area contributed by atoms with Gasteiger partial charge in [0.2, 0.25) is 5.91 Å². The van der Waals surface area contributed by atoms with Gasteiger partial charge in [-0.1, -0.05) is 13.3 Å². The number of aliphatic carboxylic acids is 1. The lowest BCUT2D eigenvalue weighted by molar-refractivity contribution is -0.141. The summed E-state index contributed by atoms with van der Waals surface area (Å²) >= 11 is 0. The summed E-state index contributed by atoms with van der Waals surface area (Å²) < 4.78 is 0. The lowest BCUT2D eigenvalue weighted by Gasteiger charge is -2.11. The summed E-state index contributed by atoms with van der Waals surface area (Å²) in [4.78, 5) is 21.0. The Bertz CT molecular complexity index is 187. The van der Waals surface area contributed by atoms with E-state index in [1.54, 1.807) is 0 Å². The lowest BCUT2D eigenvalue weighted by Crippen LogP contribution is -2.40. The quantitative estimate of drug-likeness (QED) is 0.536. The third-order valence-electron chi connectivity index (χ3n) is 1.62. The Hall–Kier alpha value is -0.810. The smallest absolute Gasteiger partial charge is 0.321 e. The summed E-state index contributed by atoms with van der Waals surface area (Å²) in [5.41, 5.74) is 4.89. The summed E-state index contributed by atoms with van der Waals surface area (Å²) in [5, 5.41) is 11.4. The fourth-order valence-corrected chi connectivity index (χ4v) is 0.901. The number of hydrogen-bond donors (Lipinski definition) is 3. The molecule has 0 saturated heterocycles. The van der Waals surface area contributed by atoms with Crippen molar-refractivity contribution in [2.45, 2.75) is 32.2 Å². The molecule has 0 aromatic rings. The van der Waals surface area contributed by atoms with Gasteiger partial charge in [-0.2, -0.15) is 0 Å². The summed E-state index contributed by atoms with van der Waals surface area (Å²) in [6.07, 6.45) is 1.72. The van der Waals surface area contributed by atoms with E-state index < -0.39 is 17.9 Å². The molecule has 1 amide bonds. The number of unbranched alkanes of at least 4 members (excludes halogenated alkanes) is 1. The normalized spacial score (nSPS) is 11.5. The minimum atomic E-state index is -1.03. The number of rotatable bonds is 7. The van der Waals surface area contributed by atoms with Crippen molar-refractivity contribution in [2.75, 3.05) is 6.54 Å². The first-order valence-electron chi connectivity index (χ1n) is 4.32. The Kier molecular flexibility index (Phi) is 9.81. The lowest BCUT2D eigenvalue weighted by atomic mass is 10.2. The molecule has 5 nitrogen and oxygen atoms in total. The number of nitrogens with two attached hydrogens (primary N) is 1. The maximum atomic E-state index is 10.6. The van der Waals surface area contributed by atoms with Crippen LogP contribution in [0.2, 0.25) is 0 Å². The van der Waals surface area contributed by atoms with Gasteiger partial charge in [0.1, 0.15) is 6.04 Å². The maximum Gasteiger partial charge on any atom is 0.321 e. The second kappa shape index (κ2) is 8.77. The molecule has 0 saturated carbocycles. The summed E-state index contributed by atoms with van der Waals surface area (Å²) in [7, 11) is 0. The zero-order valence-electron chi connectivity index (χ0n) is 8.16. The second-order valence-electron chi connectivity index (χ2n) is 2.87. The van der Waals surface area contributed by atoms with E-state index >= 15 is 0 Å². The Balaban J connectivity index is 0. The van der Waals surface area contributed by atoms with E-state index in [0.29, 0.717) is 6.54 Å². The van der Waals surface area contributed by atoms with Crippen LogP contribution >= 0.6 is 12.4 Å². The van der Waals surface area contributed by atoms with Gasteiger partial charge in [-0.05, 0) is 13.0 Å². The Labute approximate surface area is 89.5 Å². The molecule has 0 unspecified atom stereocenters. The minimum absolute atomic E-state index is 0. The van der Waals surface area contributed by atoms with Crippen LogP contribution in [0.3, 0.4) is 0 Å². The number of nitrogens with one attached hydrogen (secondary N) is 1. The third-order valence-corrected chi connectivity index (χ3v) is 1.62. The molecule has 6 heteroatoms. The zero-order valence-corrected chi connectivity index (χ0v) is 8.97. The van der Waals surface area contributed by atoms with Gasteiger partial charge in [0, 0.05) is 0 Å². The van der Waals surface area contributed by atoms with Gasteiger partial charge in [-0.15, -0.1) is 12.4 Å². The van der Waals surface area contributed by atoms with Gasteiger partial charge < -0.3 is 16.2 Å². The van der Waals surface area contributed by atoms with E-state index in [1.165, 1.54) is 0 Å². The second-order valence-corrected chi connectivity index (χ2v) is 2.87. The number of hydrogen-bond acceptors (Lipinski definition) is 3. The van der Waals surface area contributed by atoms with E-state index in [4.69, 9.17) is 10.8 Å². The summed E-state index contributed by atoms with van der Waals surface area (Å²) in [6.45, 7) is 2.60. The molecule has 0 radical (unpaired) electrons. The zero-order chi connectivity index (χ0) is 10.3. The van der Waals surface area contributed by atoms with Crippen LogP contribution in [0.1, 0.15) is 26.2 Å². The van der Waals surface area contributed by atoms with Crippen LogP contribution in [0.15, 0.2) is 0 Å². The molecule has 84 valence electrons. The molecule has 0 aliphatic carbocycles. The maximum absolute atomic E-state index is 10.6. The summed E-state index contributed by atoms with van der Waals surface area (Å²) in [5.74, 6) is -1.63. The van der Waals surface area contributed by atoms with Crippen LogP contribution in [0.25, 0.3) is 0 Å². The van der Waals surface area contributed by atoms with Crippen LogP contribution < -0.4 is 11.1 Å². The number of carboxylic acid groups (broad SMARTS) is 1. The molecule has 0 aromatic heterocycles. The van der Waals surface area contributed by atoms with Gasteiger partial charge in [0.05, 0.1) is 6.42 Å². The number of primary amides is 1. The molecule has 4 N–H and O–H groups in total. The van der Waals surface area contributed by atoms with Crippen molar-refractivity contribution in [3.63, 3.8) is 0 Å². The fraction of sp³-hybridized carbons (Fsp3) is 0.750. The molecule has 0 aliphatic rings. The van der Waals surface area contributed by atoms with E-state index in [1.807, 2.05) is 6.92 Å². The monoisotopic (exact) mass is 224 g/mol. The van der Waals surface area contributed by atoms with Crippen LogP contribution in [0.5, 0.6) is 0 Å². The number of carbonyl (C=O) groups is 2. The summed E-state index contributed by atoms with van der Waals surface area (Å²) in [6, 6.07) is -0.843. The molecule has 1 atom stereocenters. The fourth-order valence-electron chi connectivity index (χ4n) is 0.901. The van der Waals surface area contributed by atoms with Crippen LogP contribution in [-0.2, 0) is 9.59 Å². The highest BCUT2D eigenvalue weighted by molar-refractivity contribution is 5.85. The van der Waals surface area contributed by atoms with Gasteiger partial charge in [-0.25, -0.2) is 0 Å². The number of amides is 1. The highest BCUT2D eigenvalue weighted by Gasteiger charge is 2.18. The standard InChI is InChI=1S/C8H16N2O3.ClH/c1-2-3-4-10-6(8(12)13)5-7(9)11;/h6,10H,2-5H2,1H3,(H2,9,11)(H,12,13);1H/t6-;/m0./s1. The average molecular weight is 225 g/mol. The molecule has 0 rings (SSSR count). The van der Waals surface area contributed by atoms with Crippen molar-refractivity contribution in [1.29, 1.82) is 0 Å². The number of carbonyl (C=O) groups excluding carboxylic acids is 1. The highest BCUT2D eigenvalue weighted by Crippen LogP contribution is 1.93. The van der Waals surface area contributed by atoms with Gasteiger partial charge in [0.15, 0.2) is 0 Å². The molecule has 0 aliphatic heterocycles. The third kappa shape index (κ3) is 7.82. The molecular weight excluding hydrogens is 208 g/mol. The predicted molar refractivity (Wildman–Crippen MR) is 55.4 cm³/mol. The Morgan fingerprint density at radius 3 is 2.43 bits per heavy atom. The van der Waals surface area contributed by atoms with E-state index in [-0.39, 0.29) is 18.8 Å². The molecular formula is C8H17ClN2O3. The first kappa shape index (κ1) is 15.7. The van der Waals surface area contributed by atoms with E-state index in [0.717, 1.165) is 12.8 Å². The Morgan fingerprint density at radius 2 is 2.07 bits per heavy atom. The first-order chi connectivity index (χ1) is 6.07. The van der Waals surface area contributed by atoms with Crippen molar-refractivity contribution in [2.24, 2.45) is 5.73 Å². The molecule has 14 heavy (non-hydrogen) atoms. The van der Waals surface area contributed by atoms with Crippen LogP contribution in [-0.4, -0.2) is 29.6 Å². The van der Waals surface area contributed by atoms with Gasteiger partial charge in [-0.3, -0.25) is 9.59 Å². The SMILES string of the molecule is CCCCN[C@@H](CC(N)=O)C(=O)O.Cl. The minimum Gasteiger partial charge on any atom is -0.480 e. The molecule has 0 spiro atoms. The topological polar surface area (TPSA) is 92.4 Å². The molecule has 0 heterocycles. The average Bonchev–Trinajstić information content (AvgIpc) is 2.02. The van der Waals surface area contributed by atoms with Crippen molar-refractivity contribution < 1.29 is 14.7 Å². The largest absolute Gasteiger partial charge is 0.480 e. The Morgan fingerprint density at radius 1 is 1.50 bits per heavy atom. The van der Waals surface area contributed by atoms with Crippen molar-refractivity contribution in [3.05, 3.63) is 0 Å². The van der Waals surface area contributed by atoms with Crippen LogP contribution in [0, 0.1) is 0 Å². The van der Waals surface area contributed by atoms with Crippen LogP contribution in [0.4, 0.5) is 0 Å². The molecule has 0 fully saturated rings.